The first-order chi connectivity index (χ1) is 6.74. The summed E-state index contributed by atoms with van der Waals surface area (Å²) in [6, 6.07) is 0. The smallest absolute Gasteiger partial charge is 0.232 e. The number of nitrogens with two attached hydrogens (primary N) is 1. The molecule has 0 aliphatic carbocycles. The van der Waals surface area contributed by atoms with Gasteiger partial charge >= 0.3 is 0 Å². The number of aromatic nitrogens is 2. The van der Waals surface area contributed by atoms with Crippen molar-refractivity contribution >= 4 is 17.5 Å². The Morgan fingerprint density at radius 1 is 1.43 bits per heavy atom. The minimum Gasteiger partial charge on any atom is -0.367 e. The lowest BCUT2D eigenvalue weighted by Crippen LogP contribution is -2.27. The molecule has 3 heterocycles. The summed E-state index contributed by atoms with van der Waals surface area (Å²) >= 11 is 1.48. The summed E-state index contributed by atoms with van der Waals surface area (Å²) < 4.78 is 4.06. The van der Waals surface area contributed by atoms with Crippen LogP contribution in [-0.2, 0) is 0 Å². The standard InChI is InChI=1S/C9H14N4S/c1-5-2-13-3-6(5)7(4-13)8-11-9(10)12-14-8/h5-7H,2-4H2,1H3,(H2,10,12). The molecule has 2 fully saturated rings. The van der Waals surface area contributed by atoms with E-state index >= 15 is 0 Å². The van der Waals surface area contributed by atoms with E-state index in [1.807, 2.05) is 0 Å². The average Bonchev–Trinajstić information content (AvgIpc) is 2.77. The van der Waals surface area contributed by atoms with Crippen LogP contribution >= 0.6 is 11.5 Å². The number of fused-ring (bicyclic) bond motifs is 2. The van der Waals surface area contributed by atoms with Crippen LogP contribution in [0.2, 0.25) is 0 Å². The van der Waals surface area contributed by atoms with E-state index in [1.54, 1.807) is 0 Å². The first-order valence-electron chi connectivity index (χ1n) is 5.05. The van der Waals surface area contributed by atoms with Crippen molar-refractivity contribution in [2.75, 3.05) is 25.4 Å². The SMILES string of the molecule is CC1CN2CC(c3nc(N)ns3)C1C2. The Labute approximate surface area is 87.3 Å². The van der Waals surface area contributed by atoms with Crippen molar-refractivity contribution in [3.05, 3.63) is 5.01 Å². The van der Waals surface area contributed by atoms with Crippen LogP contribution in [0.4, 0.5) is 5.95 Å². The third-order valence-corrected chi connectivity index (χ3v) is 4.35. The van der Waals surface area contributed by atoms with Crippen molar-refractivity contribution in [2.24, 2.45) is 11.8 Å². The van der Waals surface area contributed by atoms with E-state index in [0.29, 0.717) is 11.9 Å². The molecule has 0 amide bonds. The zero-order valence-corrected chi connectivity index (χ0v) is 9.00. The van der Waals surface area contributed by atoms with Crippen molar-refractivity contribution in [1.82, 2.24) is 14.3 Å². The fourth-order valence-electron chi connectivity index (χ4n) is 2.84. The quantitative estimate of drug-likeness (QED) is 0.744. The molecule has 0 spiro atoms. The molecule has 0 radical (unpaired) electrons. The third-order valence-electron chi connectivity index (χ3n) is 3.49. The van der Waals surface area contributed by atoms with Crippen LogP contribution in [0.15, 0.2) is 0 Å². The van der Waals surface area contributed by atoms with Crippen molar-refractivity contribution in [3.63, 3.8) is 0 Å². The summed E-state index contributed by atoms with van der Waals surface area (Å²) in [5.41, 5.74) is 5.55. The van der Waals surface area contributed by atoms with Gasteiger partial charge in [0.15, 0.2) is 0 Å². The van der Waals surface area contributed by atoms with Crippen LogP contribution in [-0.4, -0.2) is 33.9 Å². The summed E-state index contributed by atoms with van der Waals surface area (Å²) in [7, 11) is 0. The van der Waals surface area contributed by atoms with Crippen LogP contribution < -0.4 is 5.73 Å². The van der Waals surface area contributed by atoms with E-state index in [-0.39, 0.29) is 0 Å². The van der Waals surface area contributed by atoms with Gasteiger partial charge in [0.05, 0.1) is 0 Å². The monoisotopic (exact) mass is 210 g/mol. The number of rotatable bonds is 1. The Kier molecular flexibility index (Phi) is 1.79. The number of hydrogen-bond acceptors (Lipinski definition) is 5. The molecule has 4 nitrogen and oxygen atoms in total. The lowest BCUT2D eigenvalue weighted by molar-refractivity contribution is 0.288. The van der Waals surface area contributed by atoms with Crippen LogP contribution in [0.5, 0.6) is 0 Å². The molecule has 5 heteroatoms. The highest BCUT2D eigenvalue weighted by Crippen LogP contribution is 2.43. The number of nitrogens with zero attached hydrogens (tertiary/aromatic N) is 3. The summed E-state index contributed by atoms with van der Waals surface area (Å²) in [4.78, 5) is 6.83. The molecule has 4 unspecified atom stereocenters. The molecule has 2 bridgehead atoms. The molecule has 0 saturated carbocycles. The number of piperidine rings is 1. The highest BCUT2D eigenvalue weighted by atomic mass is 32.1. The number of hydrogen-bond donors (Lipinski definition) is 1. The van der Waals surface area contributed by atoms with Gasteiger partial charge in [-0.2, -0.15) is 4.37 Å². The molecule has 1 aromatic heterocycles. The molecule has 1 aromatic rings. The largest absolute Gasteiger partial charge is 0.367 e. The molecule has 2 aliphatic rings. The molecular weight excluding hydrogens is 196 g/mol. The molecule has 0 aromatic carbocycles. The van der Waals surface area contributed by atoms with Gasteiger partial charge in [0.25, 0.3) is 0 Å². The lowest BCUT2D eigenvalue weighted by Gasteiger charge is -2.24. The molecule has 2 aliphatic heterocycles. The molecule has 4 atom stereocenters. The van der Waals surface area contributed by atoms with E-state index in [4.69, 9.17) is 5.73 Å². The number of anilines is 1. The van der Waals surface area contributed by atoms with Gasteiger partial charge in [-0.05, 0) is 23.4 Å². The van der Waals surface area contributed by atoms with Crippen molar-refractivity contribution < 1.29 is 0 Å². The fraction of sp³-hybridized carbons (Fsp3) is 0.778. The predicted octanol–water partition coefficient (Wildman–Crippen LogP) is 0.785. The van der Waals surface area contributed by atoms with E-state index in [0.717, 1.165) is 23.4 Å². The minimum absolute atomic E-state index is 0.440. The molecule has 14 heavy (non-hydrogen) atoms. The van der Waals surface area contributed by atoms with Gasteiger partial charge in [-0.15, -0.1) is 0 Å². The molecule has 2 saturated heterocycles. The van der Waals surface area contributed by atoms with Crippen LogP contribution in [0.25, 0.3) is 0 Å². The maximum Gasteiger partial charge on any atom is 0.232 e. The van der Waals surface area contributed by atoms with Gasteiger partial charge in [-0.1, -0.05) is 6.92 Å². The molecule has 3 rings (SSSR count). The first-order valence-corrected chi connectivity index (χ1v) is 5.83. The van der Waals surface area contributed by atoms with Crippen LogP contribution in [0, 0.1) is 11.8 Å². The van der Waals surface area contributed by atoms with Gasteiger partial charge < -0.3 is 10.6 Å². The molecular formula is C9H14N4S. The summed E-state index contributed by atoms with van der Waals surface area (Å²) in [5, 5.41) is 1.14. The molecule has 76 valence electrons. The highest BCUT2D eigenvalue weighted by Gasteiger charge is 2.44. The third kappa shape index (κ3) is 1.15. The van der Waals surface area contributed by atoms with Gasteiger partial charge in [-0.3, -0.25) is 0 Å². The highest BCUT2D eigenvalue weighted by molar-refractivity contribution is 7.05. The van der Waals surface area contributed by atoms with Gasteiger partial charge in [0.1, 0.15) is 5.01 Å². The van der Waals surface area contributed by atoms with E-state index in [1.165, 1.54) is 24.6 Å². The normalized spacial score (nSPS) is 40.6. The average molecular weight is 210 g/mol. The topological polar surface area (TPSA) is 55.0 Å². The maximum atomic E-state index is 5.55. The fourth-order valence-corrected chi connectivity index (χ4v) is 3.59. The Morgan fingerprint density at radius 2 is 2.29 bits per heavy atom. The zero-order chi connectivity index (χ0) is 9.71. The Balaban J connectivity index is 1.87. The first kappa shape index (κ1) is 8.61. The van der Waals surface area contributed by atoms with Crippen LogP contribution in [0.3, 0.4) is 0 Å². The second-order valence-corrected chi connectivity index (χ2v) is 5.24. The predicted molar refractivity (Wildman–Crippen MR) is 56.2 cm³/mol. The Hall–Kier alpha value is -0.680. The summed E-state index contributed by atoms with van der Waals surface area (Å²) in [6.07, 6.45) is 0. The minimum atomic E-state index is 0.440. The second kappa shape index (κ2) is 2.90. The van der Waals surface area contributed by atoms with E-state index in [2.05, 4.69) is 21.2 Å². The molecule has 2 N–H and O–H groups in total. The lowest BCUT2D eigenvalue weighted by atomic mass is 9.85. The summed E-state index contributed by atoms with van der Waals surface area (Å²) in [5.74, 6) is 2.62. The van der Waals surface area contributed by atoms with Crippen LogP contribution in [0.1, 0.15) is 17.8 Å². The van der Waals surface area contributed by atoms with E-state index in [9.17, 15) is 0 Å². The van der Waals surface area contributed by atoms with Crippen molar-refractivity contribution in [2.45, 2.75) is 12.8 Å². The Morgan fingerprint density at radius 3 is 2.86 bits per heavy atom. The van der Waals surface area contributed by atoms with Gasteiger partial charge in [0, 0.05) is 25.6 Å². The summed E-state index contributed by atoms with van der Waals surface area (Å²) in [6.45, 7) is 5.99. The number of nitrogen functional groups attached to an aromatic ring is 1. The maximum absolute atomic E-state index is 5.55. The van der Waals surface area contributed by atoms with Crippen molar-refractivity contribution in [1.29, 1.82) is 0 Å². The van der Waals surface area contributed by atoms with Gasteiger partial charge in [0.2, 0.25) is 5.95 Å². The Bertz CT molecular complexity index is 350. The van der Waals surface area contributed by atoms with Crippen molar-refractivity contribution in [3.8, 4) is 0 Å². The second-order valence-electron chi connectivity index (χ2n) is 4.46. The van der Waals surface area contributed by atoms with Gasteiger partial charge in [-0.25, -0.2) is 4.98 Å². The van der Waals surface area contributed by atoms with E-state index < -0.39 is 0 Å². The zero-order valence-electron chi connectivity index (χ0n) is 8.18.